The molecule has 92 valence electrons. The maximum atomic E-state index is 10.7. The smallest absolute Gasteiger partial charge is 0.317 e. The Labute approximate surface area is 106 Å². The molecule has 3 nitrogen and oxygen atoms in total. The molecule has 1 atom stereocenters. The van der Waals surface area contributed by atoms with Crippen LogP contribution in [0, 0.1) is 0 Å². The first-order chi connectivity index (χ1) is 8.20. The lowest BCUT2D eigenvalue weighted by Gasteiger charge is -2.22. The van der Waals surface area contributed by atoms with Crippen LogP contribution in [0.4, 0.5) is 0 Å². The molecule has 0 fully saturated rings. The zero-order chi connectivity index (χ0) is 12.3. The number of rotatable bonds is 5. The van der Waals surface area contributed by atoms with Gasteiger partial charge in [0.1, 0.15) is 0 Å². The second kappa shape index (κ2) is 5.56. The zero-order valence-corrected chi connectivity index (χ0v) is 10.7. The molecule has 0 amide bonds. The quantitative estimate of drug-likeness (QED) is 0.871. The summed E-state index contributed by atoms with van der Waals surface area (Å²) in [5, 5.41) is 8.84. The number of carbonyl (C=O) groups is 1. The number of benzene rings is 1. The highest BCUT2D eigenvalue weighted by Crippen LogP contribution is 2.39. The van der Waals surface area contributed by atoms with E-state index in [2.05, 4.69) is 24.3 Å². The molecular weight excluding hydrogens is 234 g/mol. The van der Waals surface area contributed by atoms with Gasteiger partial charge < -0.3 is 5.11 Å². The van der Waals surface area contributed by atoms with E-state index in [0.717, 1.165) is 18.8 Å². The number of nitrogens with zero attached hydrogens (tertiary/aromatic N) is 1. The summed E-state index contributed by atoms with van der Waals surface area (Å²) in [6, 6.07) is 8.43. The minimum Gasteiger partial charge on any atom is -0.480 e. The summed E-state index contributed by atoms with van der Waals surface area (Å²) in [5.74, 6) is 0.788. The molecule has 1 aromatic carbocycles. The fourth-order valence-electron chi connectivity index (χ4n) is 2.19. The minimum absolute atomic E-state index is 0.139. The van der Waals surface area contributed by atoms with Crippen molar-refractivity contribution in [2.24, 2.45) is 0 Å². The number of carboxylic acids is 1. The van der Waals surface area contributed by atoms with Crippen LogP contribution < -0.4 is 0 Å². The van der Waals surface area contributed by atoms with Crippen molar-refractivity contribution in [3.05, 3.63) is 29.8 Å². The SMILES string of the molecule is CCN(CC(=O)O)CC1CSc2ccccc21. The Morgan fingerprint density at radius 2 is 2.29 bits per heavy atom. The lowest BCUT2D eigenvalue weighted by molar-refractivity contribution is -0.138. The van der Waals surface area contributed by atoms with Gasteiger partial charge in [-0.15, -0.1) is 11.8 Å². The molecule has 0 radical (unpaired) electrons. The molecule has 4 heteroatoms. The molecule has 0 aromatic heterocycles. The van der Waals surface area contributed by atoms with E-state index < -0.39 is 5.97 Å². The lowest BCUT2D eigenvalue weighted by Crippen LogP contribution is -2.33. The first-order valence-corrected chi connectivity index (χ1v) is 6.85. The Morgan fingerprint density at radius 1 is 1.53 bits per heavy atom. The number of hydrogen-bond acceptors (Lipinski definition) is 3. The predicted molar refractivity (Wildman–Crippen MR) is 69.7 cm³/mol. The molecule has 1 aromatic rings. The van der Waals surface area contributed by atoms with Crippen molar-refractivity contribution in [2.75, 3.05) is 25.4 Å². The third-order valence-electron chi connectivity index (χ3n) is 3.08. The first-order valence-electron chi connectivity index (χ1n) is 5.86. The summed E-state index contributed by atoms with van der Waals surface area (Å²) in [5.41, 5.74) is 1.38. The molecule has 0 spiro atoms. The summed E-state index contributed by atoms with van der Waals surface area (Å²) in [6.45, 7) is 3.78. The topological polar surface area (TPSA) is 40.5 Å². The van der Waals surface area contributed by atoms with Gasteiger partial charge in [0.15, 0.2) is 0 Å². The van der Waals surface area contributed by atoms with E-state index in [1.165, 1.54) is 10.5 Å². The Hall–Kier alpha value is -1.00. The van der Waals surface area contributed by atoms with E-state index in [0.29, 0.717) is 5.92 Å². The van der Waals surface area contributed by atoms with Crippen LogP contribution in [0.5, 0.6) is 0 Å². The van der Waals surface area contributed by atoms with Gasteiger partial charge in [-0.05, 0) is 18.2 Å². The molecule has 2 rings (SSSR count). The van der Waals surface area contributed by atoms with Gasteiger partial charge in [0.2, 0.25) is 0 Å². The molecule has 1 unspecified atom stereocenters. The molecule has 0 saturated carbocycles. The van der Waals surface area contributed by atoms with Crippen molar-refractivity contribution in [1.29, 1.82) is 0 Å². The Balaban J connectivity index is 2.03. The van der Waals surface area contributed by atoms with Crippen molar-refractivity contribution in [2.45, 2.75) is 17.7 Å². The molecule has 0 saturated heterocycles. The van der Waals surface area contributed by atoms with Crippen LogP contribution in [0.15, 0.2) is 29.2 Å². The monoisotopic (exact) mass is 251 g/mol. The molecule has 1 N–H and O–H groups in total. The van der Waals surface area contributed by atoms with Gasteiger partial charge in [0.25, 0.3) is 0 Å². The number of thioether (sulfide) groups is 1. The van der Waals surface area contributed by atoms with Crippen molar-refractivity contribution in [3.8, 4) is 0 Å². The van der Waals surface area contributed by atoms with Gasteiger partial charge in [0, 0.05) is 23.1 Å². The van der Waals surface area contributed by atoms with Crippen LogP contribution >= 0.6 is 11.8 Å². The Bertz CT molecular complexity index is 408. The van der Waals surface area contributed by atoms with Crippen LogP contribution in [-0.4, -0.2) is 41.4 Å². The van der Waals surface area contributed by atoms with Gasteiger partial charge >= 0.3 is 5.97 Å². The fraction of sp³-hybridized carbons (Fsp3) is 0.462. The highest BCUT2D eigenvalue weighted by Gasteiger charge is 2.24. The minimum atomic E-state index is -0.745. The van der Waals surface area contributed by atoms with Gasteiger partial charge in [-0.3, -0.25) is 9.69 Å². The van der Waals surface area contributed by atoms with Crippen molar-refractivity contribution >= 4 is 17.7 Å². The molecule has 17 heavy (non-hydrogen) atoms. The van der Waals surface area contributed by atoms with Crippen LogP contribution in [0.3, 0.4) is 0 Å². The van der Waals surface area contributed by atoms with Gasteiger partial charge in [0.05, 0.1) is 6.54 Å². The number of hydrogen-bond donors (Lipinski definition) is 1. The second-order valence-corrected chi connectivity index (χ2v) is 5.33. The van der Waals surface area contributed by atoms with Gasteiger partial charge in [-0.25, -0.2) is 0 Å². The van der Waals surface area contributed by atoms with Crippen molar-refractivity contribution in [1.82, 2.24) is 4.90 Å². The summed E-state index contributed by atoms with van der Waals surface area (Å²) < 4.78 is 0. The average Bonchev–Trinajstić information content (AvgIpc) is 2.71. The molecule has 1 heterocycles. The normalized spacial score (nSPS) is 18.4. The van der Waals surface area contributed by atoms with Crippen LogP contribution in [0.1, 0.15) is 18.4 Å². The highest BCUT2D eigenvalue weighted by molar-refractivity contribution is 7.99. The summed E-state index contributed by atoms with van der Waals surface area (Å²) >= 11 is 1.87. The van der Waals surface area contributed by atoms with E-state index in [1.807, 2.05) is 23.6 Å². The van der Waals surface area contributed by atoms with E-state index in [9.17, 15) is 4.79 Å². The summed E-state index contributed by atoms with van der Waals surface area (Å²) in [7, 11) is 0. The van der Waals surface area contributed by atoms with Crippen LogP contribution in [0.2, 0.25) is 0 Å². The zero-order valence-electron chi connectivity index (χ0n) is 9.93. The maximum Gasteiger partial charge on any atom is 0.317 e. The number of fused-ring (bicyclic) bond motifs is 1. The molecule has 1 aliphatic rings. The molecule has 0 aliphatic carbocycles. The van der Waals surface area contributed by atoms with E-state index in [1.54, 1.807) is 0 Å². The fourth-order valence-corrected chi connectivity index (χ4v) is 3.43. The number of likely N-dealkylation sites (N-methyl/N-ethyl adjacent to an activating group) is 1. The second-order valence-electron chi connectivity index (χ2n) is 4.27. The van der Waals surface area contributed by atoms with Crippen LogP contribution in [0.25, 0.3) is 0 Å². The average molecular weight is 251 g/mol. The lowest BCUT2D eigenvalue weighted by atomic mass is 10.0. The molecule has 1 aliphatic heterocycles. The molecular formula is C13H17NO2S. The largest absolute Gasteiger partial charge is 0.480 e. The van der Waals surface area contributed by atoms with Crippen molar-refractivity contribution in [3.63, 3.8) is 0 Å². The summed E-state index contributed by atoms with van der Waals surface area (Å²) in [4.78, 5) is 14.1. The maximum absolute atomic E-state index is 10.7. The highest BCUT2D eigenvalue weighted by atomic mass is 32.2. The Kier molecular flexibility index (Phi) is 4.07. The standard InChI is InChI=1S/C13H17NO2S/c1-2-14(8-13(15)16)7-10-9-17-12-6-4-3-5-11(10)12/h3-6,10H,2,7-9H2,1H3,(H,15,16). The van der Waals surface area contributed by atoms with Crippen LogP contribution in [-0.2, 0) is 4.79 Å². The van der Waals surface area contributed by atoms with E-state index in [4.69, 9.17) is 5.11 Å². The molecule has 0 bridgehead atoms. The van der Waals surface area contributed by atoms with Crippen molar-refractivity contribution < 1.29 is 9.90 Å². The number of aliphatic carboxylic acids is 1. The van der Waals surface area contributed by atoms with Gasteiger partial charge in [-0.1, -0.05) is 25.1 Å². The third-order valence-corrected chi connectivity index (χ3v) is 4.34. The van der Waals surface area contributed by atoms with Gasteiger partial charge in [-0.2, -0.15) is 0 Å². The first kappa shape index (κ1) is 12.5. The van der Waals surface area contributed by atoms with E-state index in [-0.39, 0.29) is 6.54 Å². The summed E-state index contributed by atoms with van der Waals surface area (Å²) in [6.07, 6.45) is 0. The Morgan fingerprint density at radius 3 is 3.00 bits per heavy atom. The van der Waals surface area contributed by atoms with E-state index >= 15 is 0 Å². The third kappa shape index (κ3) is 3.01. The predicted octanol–water partition coefficient (Wildman–Crippen LogP) is 2.28. The number of carboxylic acid groups (broad SMARTS) is 1.